The maximum Gasteiger partial charge on any atom is 0.416 e. The number of alkyl halides is 3. The van der Waals surface area contributed by atoms with Crippen molar-refractivity contribution in [3.8, 4) is 17.2 Å². The highest BCUT2D eigenvalue weighted by Gasteiger charge is 2.31. The number of rotatable bonds is 9. The summed E-state index contributed by atoms with van der Waals surface area (Å²) in [7, 11) is 0. The summed E-state index contributed by atoms with van der Waals surface area (Å²) in [4.78, 5) is 12.9. The lowest BCUT2D eigenvalue weighted by Crippen LogP contribution is -2.14. The molecule has 0 heterocycles. The van der Waals surface area contributed by atoms with Crippen molar-refractivity contribution in [1.29, 1.82) is 0 Å². The standard InChI is InChI=1S/C30H32F3NO3/c1-2-3-19-36-25-14-11-23(12-15-25)29(35)34-27-20-24(30(31,32)33)13-18-28(27)37-26-16-9-22(10-17-26)21-7-5-4-6-8-21/h9-18,20-21H,2-8,19H2,1H3,(H,34,35). The van der Waals surface area contributed by atoms with Gasteiger partial charge in [-0.05, 0) is 85.3 Å². The molecule has 1 aliphatic rings. The zero-order chi connectivity index (χ0) is 26.3. The van der Waals surface area contributed by atoms with Crippen LogP contribution in [-0.4, -0.2) is 12.5 Å². The van der Waals surface area contributed by atoms with Crippen molar-refractivity contribution in [1.82, 2.24) is 0 Å². The minimum Gasteiger partial charge on any atom is -0.494 e. The van der Waals surface area contributed by atoms with Gasteiger partial charge in [-0.2, -0.15) is 13.2 Å². The lowest BCUT2D eigenvalue weighted by molar-refractivity contribution is -0.137. The van der Waals surface area contributed by atoms with Crippen molar-refractivity contribution in [2.45, 2.75) is 64.0 Å². The SMILES string of the molecule is CCCCOc1ccc(C(=O)Nc2cc(C(F)(F)F)ccc2Oc2ccc(C3CCCCC3)cc2)cc1. The van der Waals surface area contributed by atoms with Crippen LogP contribution in [0.5, 0.6) is 17.2 Å². The van der Waals surface area contributed by atoms with Gasteiger partial charge in [0, 0.05) is 5.56 Å². The summed E-state index contributed by atoms with van der Waals surface area (Å²) in [6.07, 6.45) is 3.44. The van der Waals surface area contributed by atoms with Crippen LogP contribution < -0.4 is 14.8 Å². The van der Waals surface area contributed by atoms with Gasteiger partial charge in [-0.1, -0.05) is 44.7 Å². The van der Waals surface area contributed by atoms with Gasteiger partial charge in [0.25, 0.3) is 5.91 Å². The molecule has 0 aliphatic heterocycles. The summed E-state index contributed by atoms with van der Waals surface area (Å²) in [6.45, 7) is 2.64. The minimum absolute atomic E-state index is 0.0561. The molecule has 4 rings (SSSR count). The fraction of sp³-hybridized carbons (Fsp3) is 0.367. The lowest BCUT2D eigenvalue weighted by Gasteiger charge is -2.22. The molecular formula is C30H32F3NO3. The molecule has 1 aliphatic carbocycles. The first-order valence-corrected chi connectivity index (χ1v) is 12.9. The van der Waals surface area contributed by atoms with E-state index in [4.69, 9.17) is 9.47 Å². The molecule has 37 heavy (non-hydrogen) atoms. The van der Waals surface area contributed by atoms with Gasteiger partial charge in [-0.15, -0.1) is 0 Å². The highest BCUT2D eigenvalue weighted by atomic mass is 19.4. The number of halogens is 3. The number of amides is 1. The molecule has 3 aromatic carbocycles. The quantitative estimate of drug-likeness (QED) is 0.292. The van der Waals surface area contributed by atoms with Gasteiger partial charge in [0.05, 0.1) is 17.9 Å². The molecule has 0 radical (unpaired) electrons. The lowest BCUT2D eigenvalue weighted by atomic mass is 9.84. The third kappa shape index (κ3) is 7.28. The number of nitrogens with one attached hydrogen (secondary N) is 1. The Bertz CT molecular complexity index is 1170. The van der Waals surface area contributed by atoms with Gasteiger partial charge < -0.3 is 14.8 Å². The molecule has 0 spiro atoms. The van der Waals surface area contributed by atoms with Crippen LogP contribution in [0, 0.1) is 0 Å². The predicted octanol–water partition coefficient (Wildman–Crippen LogP) is 8.98. The van der Waals surface area contributed by atoms with Crippen molar-refractivity contribution in [2.75, 3.05) is 11.9 Å². The van der Waals surface area contributed by atoms with Crippen molar-refractivity contribution < 1.29 is 27.4 Å². The summed E-state index contributed by atoms with van der Waals surface area (Å²) in [5.41, 5.74) is 0.611. The maximum absolute atomic E-state index is 13.4. The van der Waals surface area contributed by atoms with E-state index in [1.807, 2.05) is 24.3 Å². The topological polar surface area (TPSA) is 47.6 Å². The zero-order valence-corrected chi connectivity index (χ0v) is 20.9. The third-order valence-electron chi connectivity index (χ3n) is 6.62. The number of carbonyl (C=O) groups is 1. The van der Waals surface area contributed by atoms with Gasteiger partial charge in [0.2, 0.25) is 0 Å². The highest BCUT2D eigenvalue weighted by Crippen LogP contribution is 2.38. The van der Waals surface area contributed by atoms with Crippen LogP contribution in [-0.2, 0) is 6.18 Å². The Labute approximate surface area is 215 Å². The molecule has 196 valence electrons. The minimum atomic E-state index is -4.56. The number of hydrogen-bond donors (Lipinski definition) is 1. The molecule has 1 amide bonds. The van der Waals surface area contributed by atoms with Crippen molar-refractivity contribution in [3.63, 3.8) is 0 Å². The molecule has 0 unspecified atom stereocenters. The smallest absolute Gasteiger partial charge is 0.416 e. The fourth-order valence-corrected chi connectivity index (χ4v) is 4.50. The second kappa shape index (κ2) is 12.2. The highest BCUT2D eigenvalue weighted by molar-refractivity contribution is 6.05. The molecule has 0 atom stereocenters. The van der Waals surface area contributed by atoms with E-state index < -0.39 is 17.6 Å². The Morgan fingerprint density at radius 2 is 1.59 bits per heavy atom. The first-order valence-electron chi connectivity index (χ1n) is 12.9. The van der Waals surface area contributed by atoms with Gasteiger partial charge in [-0.3, -0.25) is 4.79 Å². The molecule has 0 bridgehead atoms. The number of unbranched alkanes of at least 4 members (excludes halogenated alkanes) is 1. The Hall–Kier alpha value is -3.48. The van der Waals surface area contributed by atoms with Crippen LogP contribution >= 0.6 is 0 Å². The zero-order valence-electron chi connectivity index (χ0n) is 20.9. The average molecular weight is 512 g/mol. The molecule has 1 saturated carbocycles. The number of ether oxygens (including phenoxy) is 2. The summed E-state index contributed by atoms with van der Waals surface area (Å²) in [6, 6.07) is 17.2. The first-order chi connectivity index (χ1) is 17.8. The van der Waals surface area contributed by atoms with E-state index in [0.29, 0.717) is 29.6 Å². The maximum atomic E-state index is 13.4. The fourth-order valence-electron chi connectivity index (χ4n) is 4.50. The van der Waals surface area contributed by atoms with E-state index in [-0.39, 0.29) is 11.4 Å². The van der Waals surface area contributed by atoms with Crippen LogP contribution in [0.3, 0.4) is 0 Å². The predicted molar refractivity (Wildman–Crippen MR) is 139 cm³/mol. The van der Waals surface area contributed by atoms with Crippen LogP contribution in [0.4, 0.5) is 18.9 Å². The molecule has 0 aromatic heterocycles. The molecule has 0 saturated heterocycles. The summed E-state index contributed by atoms with van der Waals surface area (Å²) < 4.78 is 51.8. The van der Waals surface area contributed by atoms with Gasteiger partial charge in [0.1, 0.15) is 11.5 Å². The van der Waals surface area contributed by atoms with Crippen molar-refractivity contribution in [2.24, 2.45) is 0 Å². The summed E-state index contributed by atoms with van der Waals surface area (Å²) >= 11 is 0. The first kappa shape index (κ1) is 26.6. The Kier molecular flexibility index (Phi) is 8.74. The van der Waals surface area contributed by atoms with E-state index in [1.165, 1.54) is 43.7 Å². The molecular weight excluding hydrogens is 479 g/mol. The van der Waals surface area contributed by atoms with E-state index in [9.17, 15) is 18.0 Å². The van der Waals surface area contributed by atoms with E-state index in [2.05, 4.69) is 12.2 Å². The third-order valence-corrected chi connectivity index (χ3v) is 6.62. The monoisotopic (exact) mass is 511 g/mol. The van der Waals surface area contributed by atoms with Crippen LogP contribution in [0.2, 0.25) is 0 Å². The van der Waals surface area contributed by atoms with Crippen LogP contribution in [0.15, 0.2) is 66.7 Å². The second-order valence-corrected chi connectivity index (χ2v) is 9.40. The van der Waals surface area contributed by atoms with Crippen molar-refractivity contribution >= 4 is 11.6 Å². The number of anilines is 1. The number of carbonyl (C=O) groups excluding carboxylic acids is 1. The van der Waals surface area contributed by atoms with Gasteiger partial charge >= 0.3 is 6.18 Å². The molecule has 3 aromatic rings. The Morgan fingerprint density at radius 3 is 2.24 bits per heavy atom. The number of benzene rings is 3. The average Bonchev–Trinajstić information content (AvgIpc) is 2.90. The summed E-state index contributed by atoms with van der Waals surface area (Å²) in [5, 5.41) is 2.59. The van der Waals surface area contributed by atoms with Crippen molar-refractivity contribution in [3.05, 3.63) is 83.4 Å². The largest absolute Gasteiger partial charge is 0.494 e. The normalized spacial score (nSPS) is 14.3. The van der Waals surface area contributed by atoms with Gasteiger partial charge in [-0.25, -0.2) is 0 Å². The molecule has 4 nitrogen and oxygen atoms in total. The number of hydrogen-bond acceptors (Lipinski definition) is 3. The second-order valence-electron chi connectivity index (χ2n) is 9.40. The van der Waals surface area contributed by atoms with E-state index in [0.717, 1.165) is 25.0 Å². The molecule has 7 heteroatoms. The Balaban J connectivity index is 1.51. The summed E-state index contributed by atoms with van der Waals surface area (Å²) in [5.74, 6) is 1.24. The van der Waals surface area contributed by atoms with E-state index in [1.54, 1.807) is 24.3 Å². The molecule has 1 fully saturated rings. The van der Waals surface area contributed by atoms with Gasteiger partial charge in [0.15, 0.2) is 5.75 Å². The van der Waals surface area contributed by atoms with Crippen LogP contribution in [0.1, 0.15) is 79.3 Å². The molecule has 1 N–H and O–H groups in total. The Morgan fingerprint density at radius 1 is 0.919 bits per heavy atom. The van der Waals surface area contributed by atoms with Crippen LogP contribution in [0.25, 0.3) is 0 Å². The van der Waals surface area contributed by atoms with E-state index >= 15 is 0 Å².